The van der Waals surface area contributed by atoms with Crippen LogP contribution in [0.25, 0.3) is 0 Å². The molecule has 0 spiro atoms. The Morgan fingerprint density at radius 2 is 0.833 bits per heavy atom. The van der Waals surface area contributed by atoms with Crippen molar-refractivity contribution in [3.05, 3.63) is 0 Å². The van der Waals surface area contributed by atoms with Gasteiger partial charge in [0.15, 0.2) is 0 Å². The van der Waals surface area contributed by atoms with Crippen LogP contribution in [0.3, 0.4) is 0 Å². The SMILES string of the molecule is ClI.[Ag+].[Ag+].[Cl-].[Cl-]. The molecule has 6 heavy (non-hydrogen) atoms. The van der Waals surface area contributed by atoms with Gasteiger partial charge in [-0.1, -0.05) is 0 Å². The van der Waals surface area contributed by atoms with Gasteiger partial charge in [0.2, 0.25) is 0 Å². The van der Waals surface area contributed by atoms with Crippen LogP contribution in [-0.2, 0) is 44.8 Å². The molecule has 0 N–H and O–H groups in total. The van der Waals surface area contributed by atoms with Crippen LogP contribution < -0.4 is 24.8 Å². The molecule has 0 aliphatic carbocycles. The van der Waals surface area contributed by atoms with Gasteiger partial charge in [-0.25, -0.2) is 0 Å². The molecule has 0 rings (SSSR count). The molecule has 0 bridgehead atoms. The molecule has 0 atom stereocenters. The maximum absolute atomic E-state index is 4.61. The van der Waals surface area contributed by atoms with E-state index in [4.69, 9.17) is 0 Å². The van der Waals surface area contributed by atoms with Gasteiger partial charge in [-0.3, -0.25) is 0 Å². The molecule has 0 amide bonds. The molecule has 0 saturated heterocycles. The van der Waals surface area contributed by atoms with Gasteiger partial charge in [-0.15, -0.1) is 0 Å². The third kappa shape index (κ3) is 27.6. The largest absolute Gasteiger partial charge is 1.00 e. The molecule has 0 unspecified atom stereocenters. The fourth-order valence-electron chi connectivity index (χ4n) is 0. The Kier molecular flexibility index (Phi) is 253. The van der Waals surface area contributed by atoms with Gasteiger partial charge in [0.25, 0.3) is 0 Å². The summed E-state index contributed by atoms with van der Waals surface area (Å²) < 4.78 is 0. The summed E-state index contributed by atoms with van der Waals surface area (Å²) in [4.78, 5) is 0. The maximum Gasteiger partial charge on any atom is 1.00 e. The number of hydrogen-bond acceptors (Lipinski definition) is 0. The zero-order chi connectivity index (χ0) is 2.00. The summed E-state index contributed by atoms with van der Waals surface area (Å²) >= 11 is 1.62. The molecule has 0 saturated carbocycles. The van der Waals surface area contributed by atoms with E-state index in [-0.39, 0.29) is 69.6 Å². The first kappa shape index (κ1) is 35.6. The third-order valence-corrected chi connectivity index (χ3v) is 0. The predicted molar refractivity (Wildman–Crippen MR) is 19.9 cm³/mol. The molecule has 0 radical (unpaired) electrons. The van der Waals surface area contributed by atoms with Crippen LogP contribution in [0, 0.1) is 0 Å². The van der Waals surface area contributed by atoms with Crippen molar-refractivity contribution in [1.82, 2.24) is 0 Å². The van der Waals surface area contributed by atoms with Crippen molar-refractivity contribution in [3.8, 4) is 0 Å². The van der Waals surface area contributed by atoms with Gasteiger partial charge < -0.3 is 24.8 Å². The Balaban J connectivity index is -0.000000000833. The molecule has 0 aromatic heterocycles. The van der Waals surface area contributed by atoms with Crippen molar-refractivity contribution in [2.24, 2.45) is 0 Å². The van der Waals surface area contributed by atoms with Gasteiger partial charge in [0.05, 0.1) is 0 Å². The van der Waals surface area contributed by atoms with E-state index in [9.17, 15) is 0 Å². The molecule has 50 valence electrons. The molecular weight excluding hydrogens is 449 g/mol. The third-order valence-electron chi connectivity index (χ3n) is 0. The van der Waals surface area contributed by atoms with Crippen molar-refractivity contribution in [2.45, 2.75) is 0 Å². The zero-order valence-electron chi connectivity index (χ0n) is 2.11. The normalized spacial score (nSPS) is 1.00. The molecule has 0 nitrogen and oxygen atoms in total. The standard InChI is InChI=1S/2Ag.ClI.2ClH/c;;1-2;;/h;;;2*1H/q2*+1;;;/p-2. The van der Waals surface area contributed by atoms with Crippen molar-refractivity contribution in [2.75, 3.05) is 0 Å². The number of hydrogen-bond donors (Lipinski definition) is 0. The molecule has 0 aliphatic heterocycles. The summed E-state index contributed by atoms with van der Waals surface area (Å²) in [5.41, 5.74) is 0. The minimum absolute atomic E-state index is 0. The van der Waals surface area contributed by atoms with E-state index in [1.165, 1.54) is 0 Å². The van der Waals surface area contributed by atoms with Crippen molar-refractivity contribution in [1.29, 1.82) is 0 Å². The second-order valence-electron chi connectivity index (χ2n) is 0. The van der Waals surface area contributed by atoms with Gasteiger partial charge in [0, 0.05) is 21.5 Å². The zero-order valence-corrected chi connectivity index (χ0v) is 9.50. The van der Waals surface area contributed by atoms with Gasteiger partial charge in [-0.05, 0) is 8.91 Å². The first-order chi connectivity index (χ1) is 1.00. The average molecular weight is 449 g/mol. The average Bonchev–Trinajstić information content (AvgIpc) is 1.00. The summed E-state index contributed by atoms with van der Waals surface area (Å²) in [6.45, 7) is 0. The molecule has 0 heterocycles. The fourth-order valence-corrected chi connectivity index (χ4v) is 0. The van der Waals surface area contributed by atoms with Gasteiger partial charge in [-0.2, -0.15) is 0 Å². The van der Waals surface area contributed by atoms with Crippen molar-refractivity contribution < 1.29 is 69.6 Å². The Labute approximate surface area is 98.2 Å². The molecule has 0 aliphatic rings. The minimum atomic E-state index is 0. The smallest absolute Gasteiger partial charge is 1.00 e. The van der Waals surface area contributed by atoms with E-state index in [0.717, 1.165) is 0 Å². The second kappa shape index (κ2) is 42.7. The Bertz CT molecular complexity index is 8.75. The van der Waals surface area contributed by atoms with Crippen LogP contribution in [0.2, 0.25) is 0 Å². The summed E-state index contributed by atoms with van der Waals surface area (Å²) in [6.07, 6.45) is 0. The predicted octanol–water partition coefficient (Wildman–Crippen LogP) is -4.42. The van der Waals surface area contributed by atoms with Crippen molar-refractivity contribution >= 4 is 30.4 Å². The van der Waals surface area contributed by atoms with E-state index in [1.807, 2.05) is 0 Å². The quantitative estimate of drug-likeness (QED) is 0.259. The van der Waals surface area contributed by atoms with Crippen LogP contribution >= 0.6 is 30.4 Å². The summed E-state index contributed by atoms with van der Waals surface area (Å²) in [7, 11) is 4.61. The van der Waals surface area contributed by atoms with Gasteiger partial charge >= 0.3 is 44.8 Å². The van der Waals surface area contributed by atoms with E-state index in [1.54, 1.807) is 21.5 Å². The topological polar surface area (TPSA) is 0 Å². The van der Waals surface area contributed by atoms with Crippen LogP contribution in [-0.4, -0.2) is 0 Å². The van der Waals surface area contributed by atoms with Gasteiger partial charge in [0.1, 0.15) is 0 Å². The van der Waals surface area contributed by atoms with E-state index in [2.05, 4.69) is 8.91 Å². The van der Waals surface area contributed by atoms with Crippen LogP contribution in [0.4, 0.5) is 0 Å². The monoisotopic (exact) mass is 446 g/mol. The Morgan fingerprint density at radius 3 is 0.833 bits per heavy atom. The first-order valence-electron chi connectivity index (χ1n) is 0.143. The summed E-state index contributed by atoms with van der Waals surface area (Å²) in [5, 5.41) is 0. The maximum atomic E-state index is 4.61. The van der Waals surface area contributed by atoms with E-state index >= 15 is 0 Å². The molecule has 0 fully saturated rings. The molecule has 6 heteroatoms. The van der Waals surface area contributed by atoms with E-state index < -0.39 is 0 Å². The molecule has 0 aromatic rings. The van der Waals surface area contributed by atoms with Crippen molar-refractivity contribution in [3.63, 3.8) is 0 Å². The van der Waals surface area contributed by atoms with E-state index in [0.29, 0.717) is 0 Å². The first-order valence-corrected chi connectivity index (χ1v) is 2.87. The summed E-state index contributed by atoms with van der Waals surface area (Å²) in [5.74, 6) is 0. The fraction of sp³-hybridized carbons (Fsp3) is 0. The molecule has 0 aromatic carbocycles. The van der Waals surface area contributed by atoms with Crippen LogP contribution in [0.5, 0.6) is 0 Å². The molecular formula is Ag2Cl3I. The number of halogens is 4. The number of rotatable bonds is 0. The van der Waals surface area contributed by atoms with Crippen LogP contribution in [0.15, 0.2) is 0 Å². The second-order valence-corrected chi connectivity index (χ2v) is 0. The summed E-state index contributed by atoms with van der Waals surface area (Å²) in [6, 6.07) is 0. The van der Waals surface area contributed by atoms with Crippen LogP contribution in [0.1, 0.15) is 0 Å². The Morgan fingerprint density at radius 1 is 0.833 bits per heavy atom. The Hall–Kier alpha value is 3.08. The minimum Gasteiger partial charge on any atom is -1.00 e.